The second kappa shape index (κ2) is 8.20. The molecule has 3 heteroatoms. The second-order valence-corrected chi connectivity index (χ2v) is 5.94. The number of ether oxygens (including phenoxy) is 1. The molecule has 2 aromatic rings. The molecular weight excluding hydrogens is 326 g/mol. The Bertz CT molecular complexity index is 556. The summed E-state index contributed by atoms with van der Waals surface area (Å²) in [5.41, 5.74) is 2.69. The van der Waals surface area contributed by atoms with Crippen LogP contribution in [-0.4, -0.2) is 20.2 Å². The Morgan fingerprint density at radius 3 is 2.52 bits per heavy atom. The first kappa shape index (κ1) is 16.1. The Labute approximate surface area is 135 Å². The van der Waals surface area contributed by atoms with E-state index in [1.165, 1.54) is 11.1 Å². The third-order valence-corrected chi connectivity index (χ3v) is 4.23. The lowest BCUT2D eigenvalue weighted by atomic mass is 9.92. The predicted molar refractivity (Wildman–Crippen MR) is 92.1 cm³/mol. The highest BCUT2D eigenvalue weighted by Crippen LogP contribution is 2.28. The van der Waals surface area contributed by atoms with Crippen molar-refractivity contribution in [2.75, 3.05) is 20.2 Å². The Balaban J connectivity index is 2.16. The van der Waals surface area contributed by atoms with Crippen LogP contribution in [-0.2, 0) is 6.42 Å². The van der Waals surface area contributed by atoms with Crippen molar-refractivity contribution in [3.8, 4) is 5.75 Å². The van der Waals surface area contributed by atoms with Gasteiger partial charge in [-0.3, -0.25) is 0 Å². The number of rotatable bonds is 7. The molecule has 2 rings (SSSR count). The van der Waals surface area contributed by atoms with E-state index in [0.717, 1.165) is 29.7 Å². The van der Waals surface area contributed by atoms with Crippen molar-refractivity contribution in [3.63, 3.8) is 0 Å². The SMILES string of the molecule is CCNCC(Cc1ccc(OC)c(Br)c1)c1ccccc1. The van der Waals surface area contributed by atoms with Crippen LogP contribution in [0, 0.1) is 0 Å². The molecule has 2 nitrogen and oxygen atoms in total. The molecule has 0 heterocycles. The summed E-state index contributed by atoms with van der Waals surface area (Å²) in [6.45, 7) is 4.13. The smallest absolute Gasteiger partial charge is 0.133 e. The Morgan fingerprint density at radius 1 is 1.14 bits per heavy atom. The van der Waals surface area contributed by atoms with Crippen LogP contribution in [0.3, 0.4) is 0 Å². The van der Waals surface area contributed by atoms with Crippen molar-refractivity contribution in [2.24, 2.45) is 0 Å². The van der Waals surface area contributed by atoms with Gasteiger partial charge in [0, 0.05) is 12.5 Å². The van der Waals surface area contributed by atoms with Gasteiger partial charge in [0.15, 0.2) is 0 Å². The molecule has 0 saturated carbocycles. The van der Waals surface area contributed by atoms with E-state index in [0.29, 0.717) is 5.92 Å². The fourth-order valence-corrected chi connectivity index (χ4v) is 3.06. The molecule has 1 N–H and O–H groups in total. The first-order valence-electron chi connectivity index (χ1n) is 7.32. The number of likely N-dealkylation sites (N-methyl/N-ethyl adjacent to an activating group) is 1. The van der Waals surface area contributed by atoms with E-state index in [9.17, 15) is 0 Å². The van der Waals surface area contributed by atoms with Crippen molar-refractivity contribution in [3.05, 3.63) is 64.1 Å². The standard InChI is InChI=1S/C18H22BrNO/c1-3-20-13-16(15-7-5-4-6-8-15)11-14-9-10-18(21-2)17(19)12-14/h4-10,12,16,20H,3,11,13H2,1-2H3. The molecule has 0 amide bonds. The van der Waals surface area contributed by atoms with E-state index >= 15 is 0 Å². The third-order valence-electron chi connectivity index (χ3n) is 3.61. The van der Waals surface area contributed by atoms with E-state index in [2.05, 4.69) is 70.6 Å². The van der Waals surface area contributed by atoms with Gasteiger partial charge < -0.3 is 10.1 Å². The fraction of sp³-hybridized carbons (Fsp3) is 0.333. The van der Waals surface area contributed by atoms with Crippen molar-refractivity contribution in [1.29, 1.82) is 0 Å². The van der Waals surface area contributed by atoms with Crippen LogP contribution in [0.15, 0.2) is 53.0 Å². The monoisotopic (exact) mass is 347 g/mol. The molecule has 0 saturated heterocycles. The van der Waals surface area contributed by atoms with E-state index in [4.69, 9.17) is 4.74 Å². The van der Waals surface area contributed by atoms with Gasteiger partial charge in [0.2, 0.25) is 0 Å². The maximum Gasteiger partial charge on any atom is 0.133 e. The van der Waals surface area contributed by atoms with Gasteiger partial charge in [-0.2, -0.15) is 0 Å². The molecule has 0 aliphatic rings. The van der Waals surface area contributed by atoms with E-state index in [1.54, 1.807) is 7.11 Å². The average Bonchev–Trinajstić information content (AvgIpc) is 2.52. The van der Waals surface area contributed by atoms with Crippen LogP contribution in [0.25, 0.3) is 0 Å². The van der Waals surface area contributed by atoms with E-state index < -0.39 is 0 Å². The summed E-state index contributed by atoms with van der Waals surface area (Å²) in [5, 5.41) is 3.47. The molecule has 1 atom stereocenters. The van der Waals surface area contributed by atoms with Gasteiger partial charge in [-0.25, -0.2) is 0 Å². The van der Waals surface area contributed by atoms with Gasteiger partial charge in [0.1, 0.15) is 5.75 Å². The Kier molecular flexibility index (Phi) is 6.27. The maximum atomic E-state index is 5.30. The number of benzene rings is 2. The normalized spacial score (nSPS) is 12.1. The highest BCUT2D eigenvalue weighted by Gasteiger charge is 2.12. The third kappa shape index (κ3) is 4.58. The molecule has 0 radical (unpaired) electrons. The van der Waals surface area contributed by atoms with Crippen LogP contribution < -0.4 is 10.1 Å². The molecule has 0 fully saturated rings. The van der Waals surface area contributed by atoms with Gasteiger partial charge in [0.25, 0.3) is 0 Å². The average molecular weight is 348 g/mol. The quantitative estimate of drug-likeness (QED) is 0.801. The van der Waals surface area contributed by atoms with Crippen LogP contribution in [0.5, 0.6) is 5.75 Å². The number of methoxy groups -OCH3 is 1. The fourth-order valence-electron chi connectivity index (χ4n) is 2.47. The van der Waals surface area contributed by atoms with Crippen LogP contribution in [0.4, 0.5) is 0 Å². The predicted octanol–water partition coefficient (Wildman–Crippen LogP) is 4.39. The molecule has 1 unspecified atom stereocenters. The molecule has 2 aromatic carbocycles. The largest absolute Gasteiger partial charge is 0.496 e. The first-order valence-corrected chi connectivity index (χ1v) is 8.12. The summed E-state index contributed by atoms with van der Waals surface area (Å²) in [6.07, 6.45) is 1.01. The van der Waals surface area contributed by atoms with Crippen LogP contribution in [0.1, 0.15) is 24.0 Å². The van der Waals surface area contributed by atoms with Gasteiger partial charge in [-0.1, -0.05) is 43.3 Å². The van der Waals surface area contributed by atoms with Gasteiger partial charge in [-0.15, -0.1) is 0 Å². The van der Waals surface area contributed by atoms with E-state index in [1.807, 2.05) is 6.07 Å². The number of hydrogen-bond donors (Lipinski definition) is 1. The lowest BCUT2D eigenvalue weighted by Crippen LogP contribution is -2.22. The summed E-state index contributed by atoms with van der Waals surface area (Å²) < 4.78 is 6.31. The summed E-state index contributed by atoms with van der Waals surface area (Å²) in [6, 6.07) is 17.0. The molecular formula is C18H22BrNO. The molecule has 0 spiro atoms. The van der Waals surface area contributed by atoms with Crippen LogP contribution in [0.2, 0.25) is 0 Å². The van der Waals surface area contributed by atoms with Crippen molar-refractivity contribution in [1.82, 2.24) is 5.32 Å². The van der Waals surface area contributed by atoms with Gasteiger partial charge in [0.05, 0.1) is 11.6 Å². The second-order valence-electron chi connectivity index (χ2n) is 5.09. The van der Waals surface area contributed by atoms with Crippen molar-refractivity contribution in [2.45, 2.75) is 19.3 Å². The van der Waals surface area contributed by atoms with Crippen molar-refractivity contribution >= 4 is 15.9 Å². The van der Waals surface area contributed by atoms with E-state index in [-0.39, 0.29) is 0 Å². The lowest BCUT2D eigenvalue weighted by Gasteiger charge is -2.18. The van der Waals surface area contributed by atoms with Crippen LogP contribution >= 0.6 is 15.9 Å². The van der Waals surface area contributed by atoms with Gasteiger partial charge in [-0.05, 0) is 52.2 Å². The lowest BCUT2D eigenvalue weighted by molar-refractivity contribution is 0.412. The zero-order valence-corrected chi connectivity index (χ0v) is 14.2. The molecule has 21 heavy (non-hydrogen) atoms. The Hall–Kier alpha value is -1.32. The number of halogens is 1. The highest BCUT2D eigenvalue weighted by atomic mass is 79.9. The van der Waals surface area contributed by atoms with Crippen molar-refractivity contribution < 1.29 is 4.74 Å². The number of hydrogen-bond acceptors (Lipinski definition) is 2. The summed E-state index contributed by atoms with van der Waals surface area (Å²) in [7, 11) is 1.69. The summed E-state index contributed by atoms with van der Waals surface area (Å²) in [4.78, 5) is 0. The first-order chi connectivity index (χ1) is 10.2. The molecule has 112 valence electrons. The molecule has 0 bridgehead atoms. The number of nitrogens with one attached hydrogen (secondary N) is 1. The molecule has 0 aliphatic heterocycles. The maximum absolute atomic E-state index is 5.30. The van der Waals surface area contributed by atoms with Gasteiger partial charge >= 0.3 is 0 Å². The molecule has 0 aromatic heterocycles. The minimum absolute atomic E-state index is 0.478. The minimum Gasteiger partial charge on any atom is -0.496 e. The highest BCUT2D eigenvalue weighted by molar-refractivity contribution is 9.10. The summed E-state index contributed by atoms with van der Waals surface area (Å²) >= 11 is 3.57. The zero-order chi connectivity index (χ0) is 15.1. The zero-order valence-electron chi connectivity index (χ0n) is 12.6. The topological polar surface area (TPSA) is 21.3 Å². The Morgan fingerprint density at radius 2 is 1.90 bits per heavy atom. The molecule has 0 aliphatic carbocycles. The minimum atomic E-state index is 0.478. The summed E-state index contributed by atoms with van der Waals surface area (Å²) in [5.74, 6) is 1.35.